The Morgan fingerprint density at radius 1 is 1.56 bits per heavy atom. The van der Waals surface area contributed by atoms with Crippen LogP contribution in [-0.4, -0.2) is 22.3 Å². The van der Waals surface area contributed by atoms with E-state index in [-0.39, 0.29) is 18.4 Å². The summed E-state index contributed by atoms with van der Waals surface area (Å²) in [6.07, 6.45) is 1.42. The van der Waals surface area contributed by atoms with Gasteiger partial charge in [0.2, 0.25) is 0 Å². The molecule has 3 heteroatoms. The Kier molecular flexibility index (Phi) is 1.71. The van der Waals surface area contributed by atoms with E-state index in [4.69, 9.17) is 10.2 Å². The van der Waals surface area contributed by atoms with Crippen molar-refractivity contribution in [1.82, 2.24) is 0 Å². The molecule has 0 aromatic carbocycles. The largest absolute Gasteiger partial charge is 0.481 e. The van der Waals surface area contributed by atoms with Crippen LogP contribution in [0.5, 0.6) is 0 Å². The predicted molar refractivity (Wildman–Crippen MR) is 31.0 cm³/mol. The fraction of sp³-hybridized carbons (Fsp3) is 0.833. The second kappa shape index (κ2) is 2.35. The van der Waals surface area contributed by atoms with Gasteiger partial charge in [0.25, 0.3) is 0 Å². The first-order valence-electron chi connectivity index (χ1n) is 3.10. The zero-order chi connectivity index (χ0) is 6.85. The molecule has 1 fully saturated rings. The third-order valence-electron chi connectivity index (χ3n) is 1.81. The highest BCUT2D eigenvalue weighted by molar-refractivity contribution is 5.67. The molecule has 0 aromatic rings. The number of rotatable bonds is 2. The fourth-order valence-corrected chi connectivity index (χ4v) is 1.01. The van der Waals surface area contributed by atoms with Crippen LogP contribution in [0.3, 0.4) is 0 Å². The molecule has 3 nitrogen and oxygen atoms in total. The van der Waals surface area contributed by atoms with Gasteiger partial charge in [0.05, 0.1) is 12.5 Å². The van der Waals surface area contributed by atoms with E-state index in [1.54, 1.807) is 0 Å². The number of hydrogen-bond donors (Lipinski definition) is 2. The number of aliphatic carboxylic acids is 1. The topological polar surface area (TPSA) is 57.5 Å². The standard InChI is InChI=1S/C6H10O3/c7-5-2-1-4(5)3-6(8)9/h4-5,7H,1-3H2,(H,8,9)/t4-,5+/m0/s1. The molecule has 0 unspecified atom stereocenters. The molecule has 0 bridgehead atoms. The summed E-state index contributed by atoms with van der Waals surface area (Å²) in [5.41, 5.74) is 0. The van der Waals surface area contributed by atoms with Crippen LogP contribution >= 0.6 is 0 Å². The van der Waals surface area contributed by atoms with Gasteiger partial charge >= 0.3 is 5.97 Å². The minimum absolute atomic E-state index is 0.0301. The average Bonchev–Trinajstić information content (AvgIpc) is 1.79. The quantitative estimate of drug-likeness (QED) is 0.562. The van der Waals surface area contributed by atoms with Crippen LogP contribution in [0.4, 0.5) is 0 Å². The van der Waals surface area contributed by atoms with Crippen LogP contribution in [-0.2, 0) is 4.79 Å². The van der Waals surface area contributed by atoms with E-state index in [0.29, 0.717) is 0 Å². The lowest BCUT2D eigenvalue weighted by atomic mass is 9.80. The monoisotopic (exact) mass is 130 g/mol. The SMILES string of the molecule is O=C(O)C[C@@H]1CC[C@H]1O. The minimum atomic E-state index is -0.807. The highest BCUT2D eigenvalue weighted by Gasteiger charge is 2.30. The van der Waals surface area contributed by atoms with Gasteiger partial charge in [0, 0.05) is 0 Å². The maximum absolute atomic E-state index is 10.0. The van der Waals surface area contributed by atoms with Gasteiger partial charge in [-0.15, -0.1) is 0 Å². The third kappa shape index (κ3) is 1.42. The molecule has 1 saturated carbocycles. The lowest BCUT2D eigenvalue weighted by molar-refractivity contribution is -0.140. The first-order chi connectivity index (χ1) is 4.20. The van der Waals surface area contributed by atoms with Crippen molar-refractivity contribution in [3.8, 4) is 0 Å². The van der Waals surface area contributed by atoms with Gasteiger partial charge in [-0.2, -0.15) is 0 Å². The highest BCUT2D eigenvalue weighted by atomic mass is 16.4. The van der Waals surface area contributed by atoms with Crippen molar-refractivity contribution in [2.75, 3.05) is 0 Å². The van der Waals surface area contributed by atoms with Crippen molar-refractivity contribution in [1.29, 1.82) is 0 Å². The Morgan fingerprint density at radius 2 is 2.22 bits per heavy atom. The van der Waals surface area contributed by atoms with Gasteiger partial charge in [0.1, 0.15) is 0 Å². The van der Waals surface area contributed by atoms with Crippen LogP contribution in [0, 0.1) is 5.92 Å². The lowest BCUT2D eigenvalue weighted by Crippen LogP contribution is -2.32. The van der Waals surface area contributed by atoms with Crippen molar-refractivity contribution in [3.05, 3.63) is 0 Å². The predicted octanol–water partition coefficient (Wildman–Crippen LogP) is 0.232. The maximum atomic E-state index is 10.0. The molecule has 9 heavy (non-hydrogen) atoms. The van der Waals surface area contributed by atoms with Crippen molar-refractivity contribution in [3.63, 3.8) is 0 Å². The first-order valence-corrected chi connectivity index (χ1v) is 3.10. The zero-order valence-electron chi connectivity index (χ0n) is 5.08. The summed E-state index contributed by atoms with van der Waals surface area (Å²) in [6.45, 7) is 0. The molecular formula is C6H10O3. The summed E-state index contributed by atoms with van der Waals surface area (Å²) >= 11 is 0. The number of carbonyl (C=O) groups is 1. The number of carboxylic acids is 1. The number of aliphatic hydroxyl groups is 1. The van der Waals surface area contributed by atoms with Gasteiger partial charge in [-0.25, -0.2) is 0 Å². The Bertz CT molecular complexity index is 121. The van der Waals surface area contributed by atoms with E-state index in [2.05, 4.69) is 0 Å². The highest BCUT2D eigenvalue weighted by Crippen LogP contribution is 2.29. The zero-order valence-corrected chi connectivity index (χ0v) is 5.08. The second-order valence-electron chi connectivity index (χ2n) is 2.50. The number of carboxylic acid groups (broad SMARTS) is 1. The van der Waals surface area contributed by atoms with Crippen LogP contribution in [0.15, 0.2) is 0 Å². The smallest absolute Gasteiger partial charge is 0.303 e. The molecule has 0 aromatic heterocycles. The number of aliphatic hydroxyl groups excluding tert-OH is 1. The normalized spacial score (nSPS) is 33.4. The van der Waals surface area contributed by atoms with Crippen LogP contribution in [0.2, 0.25) is 0 Å². The fourth-order valence-electron chi connectivity index (χ4n) is 1.01. The summed E-state index contributed by atoms with van der Waals surface area (Å²) < 4.78 is 0. The van der Waals surface area contributed by atoms with E-state index in [0.717, 1.165) is 12.8 Å². The molecule has 2 atom stereocenters. The molecule has 0 aliphatic heterocycles. The van der Waals surface area contributed by atoms with Gasteiger partial charge in [-0.1, -0.05) is 0 Å². The van der Waals surface area contributed by atoms with Gasteiger partial charge in [0.15, 0.2) is 0 Å². The summed E-state index contributed by atoms with van der Waals surface area (Å²) in [5, 5.41) is 17.1. The molecule has 0 amide bonds. The van der Waals surface area contributed by atoms with E-state index in [9.17, 15) is 4.79 Å². The van der Waals surface area contributed by atoms with Crippen LogP contribution in [0.25, 0.3) is 0 Å². The molecule has 0 radical (unpaired) electrons. The molecule has 0 spiro atoms. The summed E-state index contributed by atoms with van der Waals surface area (Å²) in [4.78, 5) is 10.0. The molecule has 1 rings (SSSR count). The Balaban J connectivity index is 2.21. The summed E-state index contributed by atoms with van der Waals surface area (Å²) in [6, 6.07) is 0. The van der Waals surface area contributed by atoms with Crippen LogP contribution in [0.1, 0.15) is 19.3 Å². The van der Waals surface area contributed by atoms with Crippen molar-refractivity contribution in [2.24, 2.45) is 5.92 Å². The molecule has 1 aliphatic carbocycles. The number of hydrogen-bond acceptors (Lipinski definition) is 2. The molecule has 0 saturated heterocycles. The van der Waals surface area contributed by atoms with Crippen molar-refractivity contribution < 1.29 is 15.0 Å². The molecule has 0 heterocycles. The second-order valence-corrected chi connectivity index (χ2v) is 2.50. The molecular weight excluding hydrogens is 120 g/mol. The van der Waals surface area contributed by atoms with Gasteiger partial charge in [-0.05, 0) is 18.8 Å². The maximum Gasteiger partial charge on any atom is 0.303 e. The Morgan fingerprint density at radius 3 is 2.33 bits per heavy atom. The van der Waals surface area contributed by atoms with Gasteiger partial charge < -0.3 is 10.2 Å². The Labute approximate surface area is 53.3 Å². The average molecular weight is 130 g/mol. The summed E-state index contributed by atoms with van der Waals surface area (Å²) in [7, 11) is 0. The van der Waals surface area contributed by atoms with Crippen molar-refractivity contribution in [2.45, 2.75) is 25.4 Å². The van der Waals surface area contributed by atoms with E-state index in [1.165, 1.54) is 0 Å². The van der Waals surface area contributed by atoms with Gasteiger partial charge in [-0.3, -0.25) is 4.79 Å². The van der Waals surface area contributed by atoms with Crippen molar-refractivity contribution >= 4 is 5.97 Å². The third-order valence-corrected chi connectivity index (χ3v) is 1.81. The van der Waals surface area contributed by atoms with Crippen LogP contribution < -0.4 is 0 Å². The van der Waals surface area contributed by atoms with E-state index < -0.39 is 5.97 Å². The minimum Gasteiger partial charge on any atom is -0.481 e. The first kappa shape index (κ1) is 6.55. The molecule has 52 valence electrons. The van der Waals surface area contributed by atoms with E-state index in [1.807, 2.05) is 0 Å². The molecule has 2 N–H and O–H groups in total. The van der Waals surface area contributed by atoms with E-state index >= 15 is 0 Å². The molecule has 1 aliphatic rings. The Hall–Kier alpha value is -0.570. The lowest BCUT2D eigenvalue weighted by Gasteiger charge is -2.30. The summed E-state index contributed by atoms with van der Waals surface area (Å²) in [5.74, 6) is -0.777.